The summed E-state index contributed by atoms with van der Waals surface area (Å²) >= 11 is 0. The Bertz CT molecular complexity index is 1360. The Balaban J connectivity index is 1.45. The summed E-state index contributed by atoms with van der Waals surface area (Å²) in [7, 11) is 0. The number of hydrogen-bond acceptors (Lipinski definition) is 4. The van der Waals surface area contributed by atoms with Crippen LogP contribution in [0.3, 0.4) is 0 Å². The number of rotatable bonds is 7. The van der Waals surface area contributed by atoms with Crippen molar-refractivity contribution in [1.29, 1.82) is 0 Å². The zero-order valence-electron chi connectivity index (χ0n) is 18.9. The first-order valence-electron chi connectivity index (χ1n) is 10.9. The third-order valence-electron chi connectivity index (χ3n) is 5.64. The van der Waals surface area contributed by atoms with Crippen LogP contribution in [0.4, 0.5) is 4.39 Å². The highest BCUT2D eigenvalue weighted by molar-refractivity contribution is 5.83. The second kappa shape index (κ2) is 9.36. The Kier molecular flexibility index (Phi) is 6.35. The molecule has 0 bridgehead atoms. The van der Waals surface area contributed by atoms with Gasteiger partial charge in [0.05, 0.1) is 22.5 Å². The highest BCUT2D eigenvalue weighted by Crippen LogP contribution is 2.21. The van der Waals surface area contributed by atoms with Crippen LogP contribution >= 0.6 is 0 Å². The molecule has 2 heterocycles. The number of aryl methyl sites for hydroxylation is 4. The van der Waals surface area contributed by atoms with Crippen LogP contribution in [0.2, 0.25) is 0 Å². The smallest absolute Gasteiger partial charge is 0.295 e. The number of halogens is 1. The first-order chi connectivity index (χ1) is 15.8. The molecule has 0 radical (unpaired) electrons. The van der Waals surface area contributed by atoms with Gasteiger partial charge in [0, 0.05) is 19.5 Å². The second-order valence-corrected chi connectivity index (χ2v) is 8.18. The molecule has 2 aromatic heterocycles. The topological polar surface area (TPSA) is 81.8 Å². The van der Waals surface area contributed by atoms with Crippen molar-refractivity contribution in [2.24, 2.45) is 0 Å². The van der Waals surface area contributed by atoms with Gasteiger partial charge >= 0.3 is 0 Å². The maximum absolute atomic E-state index is 13.0. The van der Waals surface area contributed by atoms with Crippen LogP contribution in [0.5, 0.6) is 0 Å². The molecule has 0 atom stereocenters. The molecule has 4 rings (SSSR count). The van der Waals surface area contributed by atoms with Gasteiger partial charge in [-0.15, -0.1) is 0 Å². The zero-order valence-corrected chi connectivity index (χ0v) is 18.9. The lowest BCUT2D eigenvalue weighted by Gasteiger charge is -2.08. The molecule has 8 heteroatoms. The quantitative estimate of drug-likeness (QED) is 0.468. The number of hydrogen-bond donors (Lipinski definition) is 1. The van der Waals surface area contributed by atoms with Crippen LogP contribution in [0.1, 0.15) is 35.4 Å². The van der Waals surface area contributed by atoms with E-state index in [1.165, 1.54) is 16.8 Å². The summed E-state index contributed by atoms with van der Waals surface area (Å²) in [6.45, 7) is 6.46. The fourth-order valence-corrected chi connectivity index (χ4v) is 3.85. The molecule has 33 heavy (non-hydrogen) atoms. The molecule has 170 valence electrons. The van der Waals surface area contributed by atoms with Gasteiger partial charge in [0.1, 0.15) is 5.82 Å². The van der Waals surface area contributed by atoms with Crippen LogP contribution in [0.25, 0.3) is 16.6 Å². The van der Waals surface area contributed by atoms with Crippen LogP contribution in [-0.4, -0.2) is 25.5 Å². The van der Waals surface area contributed by atoms with E-state index in [1.54, 1.807) is 16.8 Å². The van der Waals surface area contributed by atoms with Crippen molar-refractivity contribution >= 4 is 16.8 Å². The number of nitrogens with one attached hydrogen (secondary N) is 1. The number of amides is 1. The van der Waals surface area contributed by atoms with Crippen LogP contribution in [-0.2, 0) is 17.9 Å². The molecule has 1 N–H and O–H groups in total. The minimum Gasteiger partial charge on any atom is -0.352 e. The number of benzene rings is 2. The molecule has 0 aliphatic carbocycles. The highest BCUT2D eigenvalue weighted by atomic mass is 19.1. The Labute approximate surface area is 190 Å². The molecule has 0 saturated heterocycles. The molecule has 0 saturated carbocycles. The van der Waals surface area contributed by atoms with Crippen molar-refractivity contribution < 1.29 is 9.18 Å². The molecule has 1 amide bonds. The van der Waals surface area contributed by atoms with Crippen molar-refractivity contribution in [3.05, 3.63) is 87.2 Å². The second-order valence-electron chi connectivity index (χ2n) is 8.18. The largest absolute Gasteiger partial charge is 0.352 e. The first kappa shape index (κ1) is 22.4. The van der Waals surface area contributed by atoms with E-state index in [4.69, 9.17) is 0 Å². The van der Waals surface area contributed by atoms with Gasteiger partial charge in [0.25, 0.3) is 5.56 Å². The summed E-state index contributed by atoms with van der Waals surface area (Å²) in [6, 6.07) is 13.9. The van der Waals surface area contributed by atoms with Gasteiger partial charge in [0.2, 0.25) is 5.91 Å². The first-order valence-corrected chi connectivity index (χ1v) is 10.9. The number of fused-ring (bicyclic) bond motifs is 1. The summed E-state index contributed by atoms with van der Waals surface area (Å²) in [4.78, 5) is 25.2. The maximum atomic E-state index is 13.0. The zero-order chi connectivity index (χ0) is 23.5. The molecule has 0 aliphatic heterocycles. The van der Waals surface area contributed by atoms with E-state index in [9.17, 15) is 14.0 Å². The summed E-state index contributed by atoms with van der Waals surface area (Å²) < 4.78 is 16.1. The number of aromatic nitrogens is 4. The molecule has 0 aliphatic rings. The predicted octanol–water partition coefficient (Wildman–Crippen LogP) is 3.74. The van der Waals surface area contributed by atoms with E-state index >= 15 is 0 Å². The van der Waals surface area contributed by atoms with Crippen LogP contribution < -0.4 is 10.9 Å². The van der Waals surface area contributed by atoms with E-state index < -0.39 is 0 Å². The van der Waals surface area contributed by atoms with Gasteiger partial charge < -0.3 is 5.32 Å². The Morgan fingerprint density at radius 2 is 1.70 bits per heavy atom. The maximum Gasteiger partial charge on any atom is 0.295 e. The summed E-state index contributed by atoms with van der Waals surface area (Å²) in [6.07, 6.45) is 0.716. The molecular formula is C25H26FN5O2. The van der Waals surface area contributed by atoms with Crippen LogP contribution in [0.15, 0.2) is 53.3 Å². The molecule has 0 spiro atoms. The fourth-order valence-electron chi connectivity index (χ4n) is 3.85. The van der Waals surface area contributed by atoms with Crippen molar-refractivity contribution in [2.45, 2.75) is 46.7 Å². The average Bonchev–Trinajstić information content (AvgIpc) is 3.15. The molecular weight excluding hydrogens is 421 g/mol. The molecule has 2 aromatic carbocycles. The van der Waals surface area contributed by atoms with E-state index in [2.05, 4.69) is 15.5 Å². The van der Waals surface area contributed by atoms with Gasteiger partial charge in [-0.25, -0.2) is 13.8 Å². The normalized spacial score (nSPS) is 11.2. The average molecular weight is 448 g/mol. The van der Waals surface area contributed by atoms with Crippen molar-refractivity contribution in [3.8, 4) is 5.69 Å². The molecule has 4 aromatic rings. The van der Waals surface area contributed by atoms with Crippen LogP contribution in [0, 0.1) is 26.6 Å². The summed E-state index contributed by atoms with van der Waals surface area (Å²) in [5, 5.41) is 12.6. The van der Waals surface area contributed by atoms with Crippen molar-refractivity contribution in [1.82, 2.24) is 24.9 Å². The van der Waals surface area contributed by atoms with E-state index in [-0.39, 0.29) is 23.7 Å². The van der Waals surface area contributed by atoms with E-state index in [0.29, 0.717) is 25.0 Å². The van der Waals surface area contributed by atoms with Gasteiger partial charge in [-0.3, -0.25) is 9.59 Å². The minimum absolute atomic E-state index is 0.135. The third kappa shape index (κ3) is 4.84. The van der Waals surface area contributed by atoms with E-state index in [1.807, 2.05) is 45.0 Å². The fraction of sp³-hybridized carbons (Fsp3) is 0.280. The molecule has 7 nitrogen and oxygen atoms in total. The van der Waals surface area contributed by atoms with E-state index in [0.717, 1.165) is 33.6 Å². The standard InChI is InChI=1S/C25H26FN5O2/c1-16-6-12-21(13-7-16)31-18(3)23-17(2)28-30(25(33)24(23)29-31)14-4-5-22(32)27-15-19-8-10-20(26)11-9-19/h6-13H,4-5,14-15H2,1-3H3,(H,27,32). The van der Waals surface area contributed by atoms with Gasteiger partial charge in [-0.2, -0.15) is 10.2 Å². The molecule has 0 fully saturated rings. The van der Waals surface area contributed by atoms with Gasteiger partial charge in [0.15, 0.2) is 5.52 Å². The lowest BCUT2D eigenvalue weighted by atomic mass is 10.2. The van der Waals surface area contributed by atoms with Gasteiger partial charge in [-0.05, 0) is 57.0 Å². The lowest BCUT2D eigenvalue weighted by molar-refractivity contribution is -0.121. The monoisotopic (exact) mass is 447 g/mol. The summed E-state index contributed by atoms with van der Waals surface area (Å²) in [5.41, 5.74) is 4.55. The Morgan fingerprint density at radius 1 is 1.00 bits per heavy atom. The number of carbonyl (C=O) groups excluding carboxylic acids is 1. The number of nitrogens with zero attached hydrogens (tertiary/aromatic N) is 4. The number of carbonyl (C=O) groups is 1. The molecule has 0 unspecified atom stereocenters. The highest BCUT2D eigenvalue weighted by Gasteiger charge is 2.17. The van der Waals surface area contributed by atoms with Crippen molar-refractivity contribution in [2.75, 3.05) is 0 Å². The third-order valence-corrected chi connectivity index (χ3v) is 5.64. The summed E-state index contributed by atoms with van der Waals surface area (Å²) in [5.74, 6) is -0.446. The predicted molar refractivity (Wildman–Crippen MR) is 125 cm³/mol. The van der Waals surface area contributed by atoms with Gasteiger partial charge in [-0.1, -0.05) is 29.8 Å². The Hall–Kier alpha value is -3.81. The van der Waals surface area contributed by atoms with Crippen molar-refractivity contribution in [3.63, 3.8) is 0 Å². The Morgan fingerprint density at radius 3 is 2.39 bits per heavy atom. The minimum atomic E-state index is -0.311. The lowest BCUT2D eigenvalue weighted by Crippen LogP contribution is -2.26. The SMILES string of the molecule is Cc1ccc(-n2nc3c(=O)n(CCCC(=O)NCc4ccc(F)cc4)nc(C)c3c2C)cc1.